The summed E-state index contributed by atoms with van der Waals surface area (Å²) in [5, 5.41) is 1.24. The van der Waals surface area contributed by atoms with E-state index in [0.717, 1.165) is 44.1 Å². The van der Waals surface area contributed by atoms with Crippen LogP contribution in [-0.4, -0.2) is 59.5 Å². The molecule has 0 radical (unpaired) electrons. The highest BCUT2D eigenvalue weighted by Gasteiger charge is 2.27. The molecule has 0 saturated heterocycles. The van der Waals surface area contributed by atoms with Gasteiger partial charge in [-0.3, -0.25) is 0 Å². The largest absolute Gasteiger partial charge is 0.358 e. The van der Waals surface area contributed by atoms with Crippen molar-refractivity contribution < 1.29 is 0 Å². The predicted molar refractivity (Wildman–Crippen MR) is 95.4 cm³/mol. The van der Waals surface area contributed by atoms with Gasteiger partial charge < -0.3 is 14.7 Å². The molecule has 5 nitrogen and oxygen atoms in total. The van der Waals surface area contributed by atoms with Gasteiger partial charge in [0.25, 0.3) is 0 Å². The third-order valence-corrected chi connectivity index (χ3v) is 5.40. The number of thiazole rings is 1. The zero-order valence-electron chi connectivity index (χ0n) is 13.6. The van der Waals surface area contributed by atoms with Gasteiger partial charge in [0.05, 0.1) is 27.6 Å². The highest BCUT2D eigenvalue weighted by atomic mass is 32.1. The first-order valence-electron chi connectivity index (χ1n) is 7.98. The van der Waals surface area contributed by atoms with Crippen molar-refractivity contribution in [3.63, 3.8) is 0 Å². The van der Waals surface area contributed by atoms with E-state index >= 15 is 0 Å². The Hall–Kier alpha value is -2.08. The second kappa shape index (κ2) is 5.85. The Labute approximate surface area is 140 Å². The van der Waals surface area contributed by atoms with Gasteiger partial charge >= 0.3 is 0 Å². The molecule has 23 heavy (non-hydrogen) atoms. The van der Waals surface area contributed by atoms with Gasteiger partial charge in [-0.1, -0.05) is 12.1 Å². The van der Waals surface area contributed by atoms with Crippen LogP contribution in [0.25, 0.3) is 10.2 Å². The maximum absolute atomic E-state index is 4.72. The molecular weight excluding hydrogens is 306 g/mol. The molecule has 3 heterocycles. The number of rotatable bonds is 4. The molecule has 120 valence electrons. The second-order valence-corrected chi connectivity index (χ2v) is 7.28. The van der Waals surface area contributed by atoms with Crippen LogP contribution in [0.15, 0.2) is 41.2 Å². The van der Waals surface area contributed by atoms with E-state index in [1.54, 1.807) is 0 Å². The molecule has 0 saturated carbocycles. The maximum atomic E-state index is 4.72. The van der Waals surface area contributed by atoms with E-state index in [9.17, 15) is 0 Å². The van der Waals surface area contributed by atoms with Crippen molar-refractivity contribution in [1.82, 2.24) is 19.7 Å². The number of aromatic nitrogens is 1. The van der Waals surface area contributed by atoms with E-state index in [1.807, 2.05) is 11.3 Å². The molecule has 0 bridgehead atoms. The highest BCUT2D eigenvalue weighted by Crippen LogP contribution is 2.23. The minimum absolute atomic E-state index is 0.769. The van der Waals surface area contributed by atoms with Crippen molar-refractivity contribution in [2.24, 2.45) is 4.99 Å². The fourth-order valence-electron chi connectivity index (χ4n) is 3.12. The molecule has 0 aliphatic carbocycles. The van der Waals surface area contributed by atoms with Gasteiger partial charge in [-0.25, -0.2) is 9.98 Å². The van der Waals surface area contributed by atoms with Gasteiger partial charge in [-0.05, 0) is 18.6 Å². The van der Waals surface area contributed by atoms with Crippen molar-refractivity contribution in [1.29, 1.82) is 0 Å². The topological polar surface area (TPSA) is 35.0 Å². The molecular formula is C17H21N5S. The van der Waals surface area contributed by atoms with E-state index in [4.69, 9.17) is 4.98 Å². The SMILES string of the molecule is CN1CN=C2C1=CN(CCCc1nc3ccccc3s1)CN2C. The number of fused-ring (bicyclic) bond motifs is 2. The Morgan fingerprint density at radius 1 is 1.17 bits per heavy atom. The van der Waals surface area contributed by atoms with Crippen LogP contribution in [0.5, 0.6) is 0 Å². The quantitative estimate of drug-likeness (QED) is 0.864. The summed E-state index contributed by atoms with van der Waals surface area (Å²) in [6.07, 6.45) is 4.41. The first-order chi connectivity index (χ1) is 11.2. The zero-order chi connectivity index (χ0) is 15.8. The minimum atomic E-state index is 0.769. The van der Waals surface area contributed by atoms with E-state index in [2.05, 4.69) is 64.3 Å². The lowest BCUT2D eigenvalue weighted by atomic mass is 10.2. The Bertz CT molecular complexity index is 745. The molecule has 2 aliphatic heterocycles. The summed E-state index contributed by atoms with van der Waals surface area (Å²) in [6.45, 7) is 2.73. The predicted octanol–water partition coefficient (Wildman–Crippen LogP) is 2.58. The summed E-state index contributed by atoms with van der Waals surface area (Å²) in [7, 11) is 4.21. The van der Waals surface area contributed by atoms with Crippen molar-refractivity contribution in [3.05, 3.63) is 41.2 Å². The lowest BCUT2D eigenvalue weighted by Crippen LogP contribution is -2.43. The van der Waals surface area contributed by atoms with Crippen molar-refractivity contribution in [2.75, 3.05) is 34.0 Å². The Kier molecular flexibility index (Phi) is 3.69. The van der Waals surface area contributed by atoms with E-state index in [-0.39, 0.29) is 0 Å². The van der Waals surface area contributed by atoms with Crippen LogP contribution in [0.4, 0.5) is 0 Å². The molecule has 1 aromatic heterocycles. The molecule has 2 aromatic rings. The number of aliphatic imine (C=N–C) groups is 1. The standard InChI is InChI=1S/C17H21N5S/c1-20-11-18-17-14(20)10-22(12-21(17)2)9-5-8-16-19-13-6-3-4-7-15(13)23-16/h3-4,6-7,10H,5,8-9,11-12H2,1-2H3. The van der Waals surface area contributed by atoms with Gasteiger partial charge in [0.1, 0.15) is 6.67 Å². The van der Waals surface area contributed by atoms with E-state index < -0.39 is 0 Å². The van der Waals surface area contributed by atoms with Crippen LogP contribution in [0.3, 0.4) is 0 Å². The van der Waals surface area contributed by atoms with Crippen molar-refractivity contribution in [2.45, 2.75) is 12.8 Å². The number of benzene rings is 1. The van der Waals surface area contributed by atoms with Crippen LogP contribution in [0, 0.1) is 0 Å². The Morgan fingerprint density at radius 3 is 2.91 bits per heavy atom. The van der Waals surface area contributed by atoms with E-state index in [1.165, 1.54) is 15.4 Å². The average Bonchev–Trinajstić information content (AvgIpc) is 3.11. The molecule has 0 N–H and O–H groups in total. The molecule has 6 heteroatoms. The number of aryl methyl sites for hydroxylation is 1. The first-order valence-corrected chi connectivity index (χ1v) is 8.80. The van der Waals surface area contributed by atoms with Crippen LogP contribution >= 0.6 is 11.3 Å². The normalized spacial score (nSPS) is 17.6. The van der Waals surface area contributed by atoms with Crippen LogP contribution in [0.1, 0.15) is 11.4 Å². The summed E-state index contributed by atoms with van der Waals surface area (Å²) in [5.74, 6) is 1.12. The molecule has 4 rings (SSSR count). The van der Waals surface area contributed by atoms with Gasteiger partial charge in [-0.15, -0.1) is 11.3 Å². The number of hydrogen-bond acceptors (Lipinski definition) is 6. The van der Waals surface area contributed by atoms with Crippen molar-refractivity contribution >= 4 is 27.4 Å². The molecule has 0 spiro atoms. The molecule has 0 amide bonds. The Morgan fingerprint density at radius 2 is 2.04 bits per heavy atom. The van der Waals surface area contributed by atoms with Gasteiger partial charge in [0.2, 0.25) is 0 Å². The monoisotopic (exact) mass is 327 g/mol. The smallest absolute Gasteiger partial charge is 0.152 e. The van der Waals surface area contributed by atoms with Gasteiger partial charge in [0.15, 0.2) is 5.84 Å². The third-order valence-electron chi connectivity index (χ3n) is 4.31. The summed E-state index contributed by atoms with van der Waals surface area (Å²) in [6, 6.07) is 8.38. The van der Waals surface area contributed by atoms with Gasteiger partial charge in [-0.2, -0.15) is 0 Å². The number of amidine groups is 1. The summed E-state index contributed by atoms with van der Waals surface area (Å²) < 4.78 is 1.29. The minimum Gasteiger partial charge on any atom is -0.358 e. The molecule has 0 atom stereocenters. The molecule has 0 fully saturated rings. The Balaban J connectivity index is 1.38. The molecule has 0 unspecified atom stereocenters. The van der Waals surface area contributed by atoms with Crippen LogP contribution in [-0.2, 0) is 6.42 Å². The zero-order valence-corrected chi connectivity index (χ0v) is 14.4. The summed E-state index contributed by atoms with van der Waals surface area (Å²) >= 11 is 1.82. The molecule has 2 aliphatic rings. The first kappa shape index (κ1) is 14.5. The maximum Gasteiger partial charge on any atom is 0.152 e. The van der Waals surface area contributed by atoms with Crippen LogP contribution < -0.4 is 0 Å². The second-order valence-electron chi connectivity index (χ2n) is 6.17. The molecule has 1 aromatic carbocycles. The number of likely N-dealkylation sites (N-methyl/N-ethyl adjacent to an activating group) is 2. The van der Waals surface area contributed by atoms with Crippen LogP contribution in [0.2, 0.25) is 0 Å². The lowest BCUT2D eigenvalue weighted by Gasteiger charge is -2.34. The fraction of sp³-hybridized carbons (Fsp3) is 0.412. The fourth-order valence-corrected chi connectivity index (χ4v) is 4.13. The van der Waals surface area contributed by atoms with Gasteiger partial charge in [0, 0.05) is 33.3 Å². The summed E-state index contributed by atoms with van der Waals surface area (Å²) in [4.78, 5) is 16.1. The third kappa shape index (κ3) is 2.79. The number of para-hydroxylation sites is 1. The average molecular weight is 327 g/mol. The highest BCUT2D eigenvalue weighted by molar-refractivity contribution is 7.18. The number of nitrogens with zero attached hydrogens (tertiary/aromatic N) is 5. The lowest BCUT2D eigenvalue weighted by molar-refractivity contribution is 0.252. The van der Waals surface area contributed by atoms with Crippen molar-refractivity contribution in [3.8, 4) is 0 Å². The number of hydrogen-bond donors (Lipinski definition) is 0. The summed E-state index contributed by atoms with van der Waals surface area (Å²) in [5.41, 5.74) is 2.36. The van der Waals surface area contributed by atoms with E-state index in [0.29, 0.717) is 0 Å².